The molecule has 1 aliphatic rings. The minimum atomic E-state index is 0.755. The summed E-state index contributed by atoms with van der Waals surface area (Å²) in [5.74, 6) is 1.53. The van der Waals surface area contributed by atoms with Crippen LogP contribution >= 0.6 is 0 Å². The molecular formula is C12H20. The molecular weight excluding hydrogens is 144 g/mol. The first-order chi connectivity index (χ1) is 5.79. The molecule has 12 heavy (non-hydrogen) atoms. The molecule has 0 heteroatoms. The van der Waals surface area contributed by atoms with Crippen molar-refractivity contribution < 1.29 is 0 Å². The van der Waals surface area contributed by atoms with Gasteiger partial charge in [-0.1, -0.05) is 51.0 Å². The molecule has 1 aliphatic carbocycles. The van der Waals surface area contributed by atoms with E-state index in [1.54, 1.807) is 5.57 Å². The quantitative estimate of drug-likeness (QED) is 0.590. The molecule has 0 heterocycles. The summed E-state index contributed by atoms with van der Waals surface area (Å²) < 4.78 is 0. The van der Waals surface area contributed by atoms with Crippen LogP contribution in [0.1, 0.15) is 40.0 Å². The SMILES string of the molecule is CCCC1C=CC=C1C(C)CC. The topological polar surface area (TPSA) is 0 Å². The van der Waals surface area contributed by atoms with Crippen LogP contribution in [0.5, 0.6) is 0 Å². The van der Waals surface area contributed by atoms with E-state index in [4.69, 9.17) is 0 Å². The van der Waals surface area contributed by atoms with E-state index in [1.807, 2.05) is 0 Å². The van der Waals surface area contributed by atoms with Gasteiger partial charge in [0.15, 0.2) is 0 Å². The lowest BCUT2D eigenvalue weighted by Crippen LogP contribution is -2.05. The zero-order valence-electron chi connectivity index (χ0n) is 8.51. The van der Waals surface area contributed by atoms with Crippen LogP contribution in [0.2, 0.25) is 0 Å². The molecule has 0 fully saturated rings. The van der Waals surface area contributed by atoms with Crippen molar-refractivity contribution in [1.29, 1.82) is 0 Å². The van der Waals surface area contributed by atoms with Gasteiger partial charge in [-0.15, -0.1) is 0 Å². The average Bonchev–Trinajstić information content (AvgIpc) is 2.52. The number of allylic oxidation sites excluding steroid dienone is 4. The monoisotopic (exact) mass is 164 g/mol. The number of rotatable bonds is 4. The Hall–Kier alpha value is -0.520. The molecule has 0 aromatic heterocycles. The van der Waals surface area contributed by atoms with Crippen molar-refractivity contribution in [3.63, 3.8) is 0 Å². The van der Waals surface area contributed by atoms with Crippen molar-refractivity contribution in [1.82, 2.24) is 0 Å². The summed E-state index contributed by atoms with van der Waals surface area (Å²) in [7, 11) is 0. The fraction of sp³-hybridized carbons (Fsp3) is 0.667. The summed E-state index contributed by atoms with van der Waals surface area (Å²) >= 11 is 0. The molecule has 1 rings (SSSR count). The second-order valence-electron chi connectivity index (χ2n) is 3.76. The molecule has 0 saturated carbocycles. The highest BCUT2D eigenvalue weighted by Crippen LogP contribution is 2.31. The first kappa shape index (κ1) is 9.57. The van der Waals surface area contributed by atoms with E-state index in [1.165, 1.54) is 19.3 Å². The van der Waals surface area contributed by atoms with Gasteiger partial charge in [0, 0.05) is 0 Å². The van der Waals surface area contributed by atoms with E-state index in [-0.39, 0.29) is 0 Å². The van der Waals surface area contributed by atoms with Crippen LogP contribution in [0.4, 0.5) is 0 Å². The minimum absolute atomic E-state index is 0.755. The standard InChI is InChI=1S/C12H20/c1-4-7-11-8-6-9-12(11)10(3)5-2/h6,8-11H,4-5,7H2,1-3H3. The van der Waals surface area contributed by atoms with Gasteiger partial charge >= 0.3 is 0 Å². The second-order valence-corrected chi connectivity index (χ2v) is 3.76. The third-order valence-corrected chi connectivity index (χ3v) is 2.84. The Kier molecular flexibility index (Phi) is 3.58. The lowest BCUT2D eigenvalue weighted by atomic mass is 9.87. The maximum absolute atomic E-state index is 2.35. The first-order valence-electron chi connectivity index (χ1n) is 5.17. The molecule has 0 aromatic rings. The fourth-order valence-electron chi connectivity index (χ4n) is 1.87. The third kappa shape index (κ3) is 2.00. The highest BCUT2D eigenvalue weighted by Gasteiger charge is 2.17. The Morgan fingerprint density at radius 1 is 1.42 bits per heavy atom. The molecule has 0 nitrogen and oxygen atoms in total. The zero-order valence-corrected chi connectivity index (χ0v) is 8.51. The number of hydrogen-bond acceptors (Lipinski definition) is 0. The molecule has 0 radical (unpaired) electrons. The van der Waals surface area contributed by atoms with Gasteiger partial charge in [0.2, 0.25) is 0 Å². The summed E-state index contributed by atoms with van der Waals surface area (Å²) in [6, 6.07) is 0. The van der Waals surface area contributed by atoms with Crippen molar-refractivity contribution in [3.8, 4) is 0 Å². The van der Waals surface area contributed by atoms with E-state index in [9.17, 15) is 0 Å². The lowest BCUT2D eigenvalue weighted by Gasteiger charge is -2.18. The Bertz CT molecular complexity index is 186. The van der Waals surface area contributed by atoms with Gasteiger partial charge in [-0.2, -0.15) is 0 Å². The van der Waals surface area contributed by atoms with E-state index < -0.39 is 0 Å². The van der Waals surface area contributed by atoms with E-state index >= 15 is 0 Å². The molecule has 0 aliphatic heterocycles. The van der Waals surface area contributed by atoms with Crippen molar-refractivity contribution >= 4 is 0 Å². The molecule has 2 unspecified atom stereocenters. The predicted octanol–water partition coefficient (Wildman–Crippen LogP) is 3.95. The molecule has 0 bridgehead atoms. The predicted molar refractivity (Wildman–Crippen MR) is 55.1 cm³/mol. The van der Waals surface area contributed by atoms with Crippen molar-refractivity contribution in [2.24, 2.45) is 11.8 Å². The van der Waals surface area contributed by atoms with Gasteiger partial charge < -0.3 is 0 Å². The summed E-state index contributed by atoms with van der Waals surface area (Å²) in [5.41, 5.74) is 1.65. The van der Waals surface area contributed by atoms with Crippen LogP contribution in [-0.4, -0.2) is 0 Å². The summed E-state index contributed by atoms with van der Waals surface area (Å²) in [6.07, 6.45) is 10.8. The number of hydrogen-bond donors (Lipinski definition) is 0. The maximum atomic E-state index is 2.35. The summed E-state index contributed by atoms with van der Waals surface area (Å²) in [6.45, 7) is 6.87. The normalized spacial score (nSPS) is 24.2. The maximum Gasteiger partial charge on any atom is -0.00145 e. The molecule has 0 aromatic carbocycles. The molecule has 0 saturated heterocycles. The van der Waals surface area contributed by atoms with Crippen LogP contribution in [0, 0.1) is 11.8 Å². The zero-order chi connectivity index (χ0) is 8.97. The van der Waals surface area contributed by atoms with Gasteiger partial charge in [-0.05, 0) is 24.7 Å². The smallest absolute Gasteiger partial charge is 0.00145 e. The van der Waals surface area contributed by atoms with Crippen LogP contribution < -0.4 is 0 Å². The Labute approximate surface area is 76.4 Å². The molecule has 0 spiro atoms. The highest BCUT2D eigenvalue weighted by atomic mass is 14.2. The first-order valence-corrected chi connectivity index (χ1v) is 5.17. The Balaban J connectivity index is 2.54. The lowest BCUT2D eigenvalue weighted by molar-refractivity contribution is 0.549. The van der Waals surface area contributed by atoms with Crippen molar-refractivity contribution in [3.05, 3.63) is 23.8 Å². The largest absolute Gasteiger partial charge is 0.0773 e. The highest BCUT2D eigenvalue weighted by molar-refractivity contribution is 5.28. The Morgan fingerprint density at radius 3 is 2.75 bits per heavy atom. The van der Waals surface area contributed by atoms with Crippen molar-refractivity contribution in [2.75, 3.05) is 0 Å². The third-order valence-electron chi connectivity index (χ3n) is 2.84. The average molecular weight is 164 g/mol. The molecule has 2 atom stereocenters. The van der Waals surface area contributed by atoms with E-state index in [2.05, 4.69) is 39.0 Å². The van der Waals surface area contributed by atoms with Crippen LogP contribution in [0.15, 0.2) is 23.8 Å². The summed E-state index contributed by atoms with van der Waals surface area (Å²) in [5, 5.41) is 0. The summed E-state index contributed by atoms with van der Waals surface area (Å²) in [4.78, 5) is 0. The molecule has 68 valence electrons. The van der Waals surface area contributed by atoms with Gasteiger partial charge in [-0.25, -0.2) is 0 Å². The van der Waals surface area contributed by atoms with Gasteiger partial charge in [0.25, 0.3) is 0 Å². The van der Waals surface area contributed by atoms with Gasteiger partial charge in [0.1, 0.15) is 0 Å². The van der Waals surface area contributed by atoms with Crippen LogP contribution in [0.25, 0.3) is 0 Å². The van der Waals surface area contributed by atoms with Crippen LogP contribution in [0.3, 0.4) is 0 Å². The van der Waals surface area contributed by atoms with Crippen molar-refractivity contribution in [2.45, 2.75) is 40.0 Å². The molecule has 0 N–H and O–H groups in total. The Morgan fingerprint density at radius 2 is 2.17 bits per heavy atom. The van der Waals surface area contributed by atoms with Gasteiger partial charge in [-0.3, -0.25) is 0 Å². The van der Waals surface area contributed by atoms with Crippen LogP contribution in [-0.2, 0) is 0 Å². The minimum Gasteiger partial charge on any atom is -0.0773 e. The molecule has 0 amide bonds. The van der Waals surface area contributed by atoms with E-state index in [0.29, 0.717) is 0 Å². The fourth-order valence-corrected chi connectivity index (χ4v) is 1.87. The van der Waals surface area contributed by atoms with Gasteiger partial charge in [0.05, 0.1) is 0 Å². The second kappa shape index (κ2) is 4.49. The van der Waals surface area contributed by atoms with E-state index in [0.717, 1.165) is 11.8 Å².